The van der Waals surface area contributed by atoms with Gasteiger partial charge in [-0.25, -0.2) is 0 Å². The number of nitrogens with one attached hydrogen (secondary N) is 1. The van der Waals surface area contributed by atoms with Gasteiger partial charge < -0.3 is 10.1 Å². The molecule has 1 amide bonds. The van der Waals surface area contributed by atoms with Gasteiger partial charge in [-0.05, 0) is 37.6 Å². The first-order valence-corrected chi connectivity index (χ1v) is 7.30. The summed E-state index contributed by atoms with van der Waals surface area (Å²) in [5.41, 5.74) is 1.13. The van der Waals surface area contributed by atoms with Gasteiger partial charge >= 0.3 is 0 Å². The van der Waals surface area contributed by atoms with Gasteiger partial charge in [0.25, 0.3) is 5.91 Å². The van der Waals surface area contributed by atoms with E-state index in [1.807, 2.05) is 25.1 Å². The van der Waals surface area contributed by atoms with Gasteiger partial charge in [-0.1, -0.05) is 36.7 Å². The van der Waals surface area contributed by atoms with Crippen molar-refractivity contribution in [2.75, 3.05) is 5.32 Å². The van der Waals surface area contributed by atoms with Gasteiger partial charge in [0, 0.05) is 11.8 Å². The number of halogens is 1. The van der Waals surface area contributed by atoms with Crippen LogP contribution in [0.15, 0.2) is 48.5 Å². The molecule has 0 aliphatic carbocycles. The van der Waals surface area contributed by atoms with Gasteiger partial charge in [-0.15, -0.1) is 0 Å². The van der Waals surface area contributed by atoms with E-state index in [4.69, 9.17) is 16.3 Å². The topological polar surface area (TPSA) is 38.3 Å². The number of hydrogen-bond donors (Lipinski definition) is 1. The molecule has 1 N–H and O–H groups in total. The van der Waals surface area contributed by atoms with Crippen molar-refractivity contribution in [2.45, 2.75) is 26.4 Å². The number of rotatable bonds is 5. The molecule has 0 aliphatic rings. The fraction of sp³-hybridized carbons (Fsp3) is 0.235. The molecular weight excluding hydrogens is 286 g/mol. The zero-order valence-corrected chi connectivity index (χ0v) is 12.9. The first-order valence-electron chi connectivity index (χ1n) is 6.92. The highest BCUT2D eigenvalue weighted by Gasteiger charge is 2.10. The van der Waals surface area contributed by atoms with Crippen LogP contribution in [-0.2, 0) is 0 Å². The predicted molar refractivity (Wildman–Crippen MR) is 86.2 cm³/mol. The molecule has 21 heavy (non-hydrogen) atoms. The zero-order valence-electron chi connectivity index (χ0n) is 12.1. The standard InChI is InChI=1S/C17H18ClNO2/c1-3-12(2)21-14-8-6-7-13(11-14)19-17(20)15-9-4-5-10-16(15)18/h4-12H,3H2,1-2H3,(H,19,20). The van der Waals surface area contributed by atoms with Gasteiger partial charge in [-0.2, -0.15) is 0 Å². The van der Waals surface area contributed by atoms with E-state index in [0.717, 1.165) is 12.2 Å². The number of anilines is 1. The van der Waals surface area contributed by atoms with Crippen molar-refractivity contribution in [3.05, 3.63) is 59.1 Å². The third-order valence-corrected chi connectivity index (χ3v) is 3.45. The fourth-order valence-electron chi connectivity index (χ4n) is 1.81. The summed E-state index contributed by atoms with van der Waals surface area (Å²) in [7, 11) is 0. The van der Waals surface area contributed by atoms with Crippen LogP contribution in [0, 0.1) is 0 Å². The van der Waals surface area contributed by atoms with Crippen molar-refractivity contribution in [1.82, 2.24) is 0 Å². The number of ether oxygens (including phenoxy) is 1. The number of hydrogen-bond acceptors (Lipinski definition) is 2. The minimum Gasteiger partial charge on any atom is -0.491 e. The average molecular weight is 304 g/mol. The molecule has 0 aliphatic heterocycles. The summed E-state index contributed by atoms with van der Waals surface area (Å²) in [6.07, 6.45) is 1.07. The number of carbonyl (C=O) groups is 1. The zero-order chi connectivity index (χ0) is 15.2. The van der Waals surface area contributed by atoms with Crippen LogP contribution in [0.4, 0.5) is 5.69 Å². The Kier molecular flexibility index (Phi) is 5.23. The molecule has 1 atom stereocenters. The Bertz CT molecular complexity index is 628. The summed E-state index contributed by atoms with van der Waals surface area (Å²) >= 11 is 6.02. The normalized spacial score (nSPS) is 11.8. The van der Waals surface area contributed by atoms with Gasteiger partial charge in [0.15, 0.2) is 0 Å². The Morgan fingerprint density at radius 1 is 1.24 bits per heavy atom. The minimum absolute atomic E-state index is 0.138. The third-order valence-electron chi connectivity index (χ3n) is 3.12. The third kappa shape index (κ3) is 4.23. The second kappa shape index (κ2) is 7.14. The molecule has 3 nitrogen and oxygen atoms in total. The van der Waals surface area contributed by atoms with Crippen LogP contribution in [0.25, 0.3) is 0 Å². The summed E-state index contributed by atoms with van der Waals surface area (Å²) < 4.78 is 5.74. The highest BCUT2D eigenvalue weighted by atomic mass is 35.5. The van der Waals surface area contributed by atoms with Crippen molar-refractivity contribution >= 4 is 23.2 Å². The maximum absolute atomic E-state index is 12.2. The first kappa shape index (κ1) is 15.4. The Balaban J connectivity index is 2.11. The quantitative estimate of drug-likeness (QED) is 0.864. The first-order chi connectivity index (χ1) is 10.1. The van der Waals surface area contributed by atoms with E-state index in [1.165, 1.54) is 0 Å². The lowest BCUT2D eigenvalue weighted by molar-refractivity contribution is 0.102. The molecule has 110 valence electrons. The van der Waals surface area contributed by atoms with Crippen molar-refractivity contribution < 1.29 is 9.53 Å². The summed E-state index contributed by atoms with van der Waals surface area (Å²) in [6.45, 7) is 4.07. The van der Waals surface area contributed by atoms with E-state index in [2.05, 4.69) is 12.2 Å². The number of benzene rings is 2. The molecule has 0 heterocycles. The van der Waals surface area contributed by atoms with Crippen LogP contribution in [0.3, 0.4) is 0 Å². The summed E-state index contributed by atoms with van der Waals surface area (Å²) in [6, 6.07) is 14.3. The van der Waals surface area contributed by atoms with E-state index < -0.39 is 0 Å². The summed E-state index contributed by atoms with van der Waals surface area (Å²) in [4.78, 5) is 12.2. The molecule has 2 rings (SSSR count). The van der Waals surface area contributed by atoms with E-state index in [1.54, 1.807) is 30.3 Å². The SMILES string of the molecule is CCC(C)Oc1cccc(NC(=O)c2ccccc2Cl)c1. The van der Waals surface area contributed by atoms with Crippen molar-refractivity contribution in [1.29, 1.82) is 0 Å². The highest BCUT2D eigenvalue weighted by Crippen LogP contribution is 2.21. The lowest BCUT2D eigenvalue weighted by Crippen LogP contribution is -2.13. The Hall–Kier alpha value is -2.00. The second-order valence-corrected chi connectivity index (χ2v) is 5.21. The van der Waals surface area contributed by atoms with Crippen molar-refractivity contribution in [3.8, 4) is 5.75 Å². The fourth-order valence-corrected chi connectivity index (χ4v) is 2.03. The molecular formula is C17H18ClNO2. The lowest BCUT2D eigenvalue weighted by atomic mass is 10.2. The molecule has 0 fully saturated rings. The molecule has 0 bridgehead atoms. The Labute approximate surface area is 129 Å². The van der Waals surface area contributed by atoms with E-state index in [0.29, 0.717) is 16.3 Å². The maximum Gasteiger partial charge on any atom is 0.257 e. The minimum atomic E-state index is -0.235. The van der Waals surface area contributed by atoms with Gasteiger partial charge in [0.05, 0.1) is 16.7 Å². The van der Waals surface area contributed by atoms with E-state index >= 15 is 0 Å². The summed E-state index contributed by atoms with van der Waals surface area (Å²) in [5.74, 6) is 0.502. The molecule has 0 aromatic heterocycles. The molecule has 0 saturated heterocycles. The van der Waals surface area contributed by atoms with Crippen molar-refractivity contribution in [3.63, 3.8) is 0 Å². The van der Waals surface area contributed by atoms with E-state index in [-0.39, 0.29) is 12.0 Å². The number of amides is 1. The van der Waals surface area contributed by atoms with Crippen LogP contribution < -0.4 is 10.1 Å². The van der Waals surface area contributed by atoms with Crippen LogP contribution in [0.1, 0.15) is 30.6 Å². The molecule has 0 spiro atoms. The highest BCUT2D eigenvalue weighted by molar-refractivity contribution is 6.34. The largest absolute Gasteiger partial charge is 0.491 e. The number of carbonyl (C=O) groups excluding carboxylic acids is 1. The van der Waals surface area contributed by atoms with Crippen LogP contribution in [-0.4, -0.2) is 12.0 Å². The van der Waals surface area contributed by atoms with Gasteiger partial charge in [0.1, 0.15) is 5.75 Å². The predicted octanol–water partition coefficient (Wildman–Crippen LogP) is 4.77. The molecule has 4 heteroatoms. The molecule has 2 aromatic carbocycles. The van der Waals surface area contributed by atoms with Crippen LogP contribution in [0.5, 0.6) is 5.75 Å². The molecule has 0 radical (unpaired) electrons. The van der Waals surface area contributed by atoms with Crippen molar-refractivity contribution in [2.24, 2.45) is 0 Å². The Morgan fingerprint density at radius 3 is 2.71 bits per heavy atom. The maximum atomic E-state index is 12.2. The molecule has 1 unspecified atom stereocenters. The second-order valence-electron chi connectivity index (χ2n) is 4.80. The summed E-state index contributed by atoms with van der Waals surface area (Å²) in [5, 5.41) is 3.26. The Morgan fingerprint density at radius 2 is 2.00 bits per heavy atom. The van der Waals surface area contributed by atoms with Gasteiger partial charge in [-0.3, -0.25) is 4.79 Å². The monoisotopic (exact) mass is 303 g/mol. The average Bonchev–Trinajstić information content (AvgIpc) is 2.47. The van der Waals surface area contributed by atoms with Crippen LogP contribution in [0.2, 0.25) is 5.02 Å². The van der Waals surface area contributed by atoms with Crippen LogP contribution >= 0.6 is 11.6 Å². The smallest absolute Gasteiger partial charge is 0.257 e. The molecule has 2 aromatic rings. The lowest BCUT2D eigenvalue weighted by Gasteiger charge is -2.13. The van der Waals surface area contributed by atoms with E-state index in [9.17, 15) is 4.79 Å². The van der Waals surface area contributed by atoms with Gasteiger partial charge in [0.2, 0.25) is 0 Å². The molecule has 0 saturated carbocycles.